The normalized spacial score (nSPS) is 11.1. The fourth-order valence-corrected chi connectivity index (χ4v) is 3.56. The van der Waals surface area contributed by atoms with Crippen LogP contribution in [-0.4, -0.2) is 21.4 Å². The third kappa shape index (κ3) is 4.32. The van der Waals surface area contributed by atoms with Crippen molar-refractivity contribution in [3.63, 3.8) is 0 Å². The Bertz CT molecular complexity index is 1080. The van der Waals surface area contributed by atoms with Crippen LogP contribution in [0.5, 0.6) is 5.75 Å². The second kappa shape index (κ2) is 8.13. The van der Waals surface area contributed by atoms with Crippen LogP contribution < -0.4 is 14.8 Å². The van der Waals surface area contributed by atoms with E-state index in [-0.39, 0.29) is 28.4 Å². The number of para-hydroxylation sites is 1. The summed E-state index contributed by atoms with van der Waals surface area (Å²) in [5, 5.41) is 2.65. The molecular weight excluding hydrogens is 387 g/mol. The number of methoxy groups -OCH3 is 1. The molecule has 0 aliphatic rings. The van der Waals surface area contributed by atoms with Crippen molar-refractivity contribution >= 4 is 21.6 Å². The molecule has 2 N–H and O–H groups in total. The molecule has 146 valence electrons. The van der Waals surface area contributed by atoms with Gasteiger partial charge in [0.1, 0.15) is 5.76 Å². The third-order valence-electron chi connectivity index (χ3n) is 3.85. The molecule has 0 saturated heterocycles. The molecule has 7 nitrogen and oxygen atoms in total. The summed E-state index contributed by atoms with van der Waals surface area (Å²) in [6, 6.07) is 12.8. The number of rotatable bonds is 7. The predicted octanol–water partition coefficient (Wildman–Crippen LogP) is 3.16. The topological polar surface area (TPSA) is 97.6 Å². The maximum absolute atomic E-state index is 13.9. The lowest BCUT2D eigenvalue weighted by Crippen LogP contribution is -2.24. The number of nitrogens with one attached hydrogen (secondary N) is 2. The Morgan fingerprint density at radius 3 is 2.61 bits per heavy atom. The molecule has 1 heterocycles. The van der Waals surface area contributed by atoms with E-state index in [1.54, 1.807) is 24.3 Å². The quantitative estimate of drug-likeness (QED) is 0.630. The first-order chi connectivity index (χ1) is 13.4. The maximum Gasteiger partial charge on any atom is 0.262 e. The van der Waals surface area contributed by atoms with E-state index in [2.05, 4.69) is 10.0 Å². The van der Waals surface area contributed by atoms with Crippen molar-refractivity contribution in [1.82, 2.24) is 5.32 Å². The minimum Gasteiger partial charge on any atom is -0.494 e. The standard InChI is InChI=1S/C19H17FN2O5S/c1-26-18-9-8-14(11-16(18)20)28(24,25)22-17-7-3-2-6-15(17)19(23)21-12-13-5-4-10-27-13/h2-11,22H,12H2,1H3,(H,21,23). The summed E-state index contributed by atoms with van der Waals surface area (Å²) in [5.41, 5.74) is 0.183. The summed E-state index contributed by atoms with van der Waals surface area (Å²) < 4.78 is 51.3. The second-order valence-electron chi connectivity index (χ2n) is 5.71. The van der Waals surface area contributed by atoms with Gasteiger partial charge in [-0.25, -0.2) is 12.8 Å². The van der Waals surface area contributed by atoms with Gasteiger partial charge in [-0.1, -0.05) is 12.1 Å². The minimum atomic E-state index is -4.12. The van der Waals surface area contributed by atoms with Gasteiger partial charge in [-0.05, 0) is 42.5 Å². The number of hydrogen-bond acceptors (Lipinski definition) is 5. The average molecular weight is 404 g/mol. The van der Waals surface area contributed by atoms with Crippen LogP contribution in [0.2, 0.25) is 0 Å². The molecule has 0 aliphatic carbocycles. The number of carbonyl (C=O) groups excluding carboxylic acids is 1. The Balaban J connectivity index is 1.82. The number of furan rings is 1. The highest BCUT2D eigenvalue weighted by Crippen LogP contribution is 2.24. The number of hydrogen-bond donors (Lipinski definition) is 2. The summed E-state index contributed by atoms with van der Waals surface area (Å²) in [7, 11) is -2.84. The lowest BCUT2D eigenvalue weighted by atomic mass is 10.1. The number of benzene rings is 2. The van der Waals surface area contributed by atoms with Crippen molar-refractivity contribution in [3.05, 3.63) is 78.0 Å². The van der Waals surface area contributed by atoms with E-state index in [1.165, 1.54) is 37.6 Å². The van der Waals surface area contributed by atoms with E-state index in [9.17, 15) is 17.6 Å². The second-order valence-corrected chi connectivity index (χ2v) is 7.39. The molecule has 0 bridgehead atoms. The van der Waals surface area contributed by atoms with E-state index in [1.807, 2.05) is 0 Å². The number of ether oxygens (including phenoxy) is 1. The Hall–Kier alpha value is -3.33. The van der Waals surface area contributed by atoms with Crippen molar-refractivity contribution in [3.8, 4) is 5.75 Å². The first-order valence-electron chi connectivity index (χ1n) is 8.16. The van der Waals surface area contributed by atoms with Gasteiger partial charge < -0.3 is 14.5 Å². The number of amides is 1. The van der Waals surface area contributed by atoms with E-state index < -0.39 is 21.7 Å². The molecule has 28 heavy (non-hydrogen) atoms. The largest absolute Gasteiger partial charge is 0.494 e. The molecule has 1 amide bonds. The molecule has 1 aromatic heterocycles. The molecule has 9 heteroatoms. The molecule has 3 aromatic rings. The van der Waals surface area contributed by atoms with Crippen LogP contribution in [0.3, 0.4) is 0 Å². The first kappa shape index (κ1) is 19.4. The highest BCUT2D eigenvalue weighted by molar-refractivity contribution is 7.92. The van der Waals surface area contributed by atoms with E-state index in [4.69, 9.17) is 9.15 Å². The van der Waals surface area contributed by atoms with Crippen LogP contribution in [0, 0.1) is 5.82 Å². The molecule has 2 aromatic carbocycles. The fraction of sp³-hybridized carbons (Fsp3) is 0.105. The van der Waals surface area contributed by atoms with Gasteiger partial charge in [-0.15, -0.1) is 0 Å². The van der Waals surface area contributed by atoms with Gasteiger partial charge in [0.25, 0.3) is 15.9 Å². The van der Waals surface area contributed by atoms with Crippen LogP contribution in [0.15, 0.2) is 70.2 Å². The molecule has 0 aliphatic heterocycles. The van der Waals surface area contributed by atoms with Gasteiger partial charge in [0.05, 0.1) is 36.1 Å². The number of sulfonamides is 1. The molecular formula is C19H17FN2O5S. The van der Waals surface area contributed by atoms with Crippen LogP contribution in [0.25, 0.3) is 0 Å². The molecule has 0 saturated carbocycles. The van der Waals surface area contributed by atoms with Gasteiger partial charge in [0.15, 0.2) is 11.6 Å². The summed E-state index contributed by atoms with van der Waals surface area (Å²) in [4.78, 5) is 12.2. The van der Waals surface area contributed by atoms with E-state index in [0.717, 1.165) is 6.07 Å². The van der Waals surface area contributed by atoms with Crippen LogP contribution in [0.4, 0.5) is 10.1 Å². The van der Waals surface area contributed by atoms with Crippen LogP contribution >= 0.6 is 0 Å². The van der Waals surface area contributed by atoms with E-state index in [0.29, 0.717) is 5.76 Å². The van der Waals surface area contributed by atoms with Crippen molar-refractivity contribution in [1.29, 1.82) is 0 Å². The summed E-state index contributed by atoms with van der Waals surface area (Å²) in [6.45, 7) is 0.149. The monoisotopic (exact) mass is 404 g/mol. The molecule has 0 fully saturated rings. The third-order valence-corrected chi connectivity index (χ3v) is 5.22. The summed E-state index contributed by atoms with van der Waals surface area (Å²) >= 11 is 0. The van der Waals surface area contributed by atoms with Crippen molar-refractivity contribution < 1.29 is 26.8 Å². The lowest BCUT2D eigenvalue weighted by molar-refractivity contribution is 0.0949. The SMILES string of the molecule is COc1ccc(S(=O)(=O)Nc2ccccc2C(=O)NCc2ccco2)cc1F. The fourth-order valence-electron chi connectivity index (χ4n) is 2.46. The van der Waals surface area contributed by atoms with Gasteiger partial charge in [-0.3, -0.25) is 9.52 Å². The van der Waals surface area contributed by atoms with Crippen molar-refractivity contribution in [2.24, 2.45) is 0 Å². The zero-order valence-electron chi connectivity index (χ0n) is 14.8. The van der Waals surface area contributed by atoms with Gasteiger partial charge in [0.2, 0.25) is 0 Å². The van der Waals surface area contributed by atoms with Gasteiger partial charge >= 0.3 is 0 Å². The number of halogens is 1. The molecule has 3 rings (SSSR count). The molecule has 0 atom stereocenters. The smallest absolute Gasteiger partial charge is 0.262 e. The van der Waals surface area contributed by atoms with Crippen molar-refractivity contribution in [2.75, 3.05) is 11.8 Å². The highest BCUT2D eigenvalue weighted by atomic mass is 32.2. The minimum absolute atomic E-state index is 0.0654. The zero-order chi connectivity index (χ0) is 20.1. The average Bonchev–Trinajstić information content (AvgIpc) is 3.20. The zero-order valence-corrected chi connectivity index (χ0v) is 15.6. The Morgan fingerprint density at radius 1 is 1.14 bits per heavy atom. The van der Waals surface area contributed by atoms with Gasteiger partial charge in [-0.2, -0.15) is 0 Å². The first-order valence-corrected chi connectivity index (χ1v) is 9.65. The van der Waals surface area contributed by atoms with Gasteiger partial charge in [0, 0.05) is 0 Å². The maximum atomic E-state index is 13.9. The lowest BCUT2D eigenvalue weighted by Gasteiger charge is -2.13. The Labute approximate surface area is 161 Å². The van der Waals surface area contributed by atoms with E-state index >= 15 is 0 Å². The Kier molecular flexibility index (Phi) is 5.65. The number of carbonyl (C=O) groups is 1. The Morgan fingerprint density at radius 2 is 1.93 bits per heavy atom. The molecule has 0 unspecified atom stereocenters. The summed E-state index contributed by atoms with van der Waals surface area (Å²) in [6.07, 6.45) is 1.48. The molecule has 0 spiro atoms. The number of anilines is 1. The highest BCUT2D eigenvalue weighted by Gasteiger charge is 2.20. The predicted molar refractivity (Wildman–Crippen MR) is 100 cm³/mol. The summed E-state index contributed by atoms with van der Waals surface area (Å²) in [5.74, 6) is -0.817. The van der Waals surface area contributed by atoms with Crippen LogP contribution in [0.1, 0.15) is 16.1 Å². The van der Waals surface area contributed by atoms with Crippen molar-refractivity contribution in [2.45, 2.75) is 11.4 Å². The molecule has 0 radical (unpaired) electrons. The van der Waals surface area contributed by atoms with Crippen LogP contribution in [-0.2, 0) is 16.6 Å².